The van der Waals surface area contributed by atoms with E-state index in [1.807, 2.05) is 58.5 Å². The third-order valence-electron chi connectivity index (χ3n) is 3.95. The highest BCUT2D eigenvalue weighted by atomic mass is 35.5. The summed E-state index contributed by atoms with van der Waals surface area (Å²) in [4.78, 5) is 9.27. The summed E-state index contributed by atoms with van der Waals surface area (Å²) in [7, 11) is 0. The van der Waals surface area contributed by atoms with Crippen LogP contribution < -0.4 is 0 Å². The first-order valence-corrected chi connectivity index (χ1v) is 8.83. The first-order valence-electron chi connectivity index (χ1n) is 7.18. The van der Waals surface area contributed by atoms with Crippen LogP contribution in [0.15, 0.2) is 58.5 Å². The van der Waals surface area contributed by atoms with Crippen molar-refractivity contribution >= 4 is 58.8 Å². The van der Waals surface area contributed by atoms with Gasteiger partial charge in [-0.25, -0.2) is 20.0 Å². The number of nitrogens with zero attached hydrogens (tertiary/aromatic N) is 4. The van der Waals surface area contributed by atoms with Gasteiger partial charge in [0, 0.05) is 21.2 Å². The molecule has 2 atom stereocenters. The largest absolute Gasteiger partial charge is 0.229 e. The second-order valence-electron chi connectivity index (χ2n) is 5.34. The molecule has 2 aliphatic heterocycles. The molecule has 4 nitrogen and oxygen atoms in total. The zero-order chi connectivity index (χ0) is 16.8. The average molecular weight is 395 g/mol. The maximum absolute atomic E-state index is 6.34. The van der Waals surface area contributed by atoms with Gasteiger partial charge in [0.2, 0.25) is 0 Å². The lowest BCUT2D eigenvalue weighted by molar-refractivity contribution is 0.105. The summed E-state index contributed by atoms with van der Waals surface area (Å²) in [5.41, 5.74) is 1.74. The molecule has 0 radical (unpaired) electrons. The molecular formula is C16H12Cl2N4S2. The van der Waals surface area contributed by atoms with E-state index in [2.05, 4.69) is 35.2 Å². The molecule has 2 heterocycles. The summed E-state index contributed by atoms with van der Waals surface area (Å²) < 4.78 is 0. The van der Waals surface area contributed by atoms with E-state index in [1.54, 1.807) is 0 Å². The molecule has 24 heavy (non-hydrogen) atoms. The zero-order valence-corrected chi connectivity index (χ0v) is 15.5. The van der Waals surface area contributed by atoms with E-state index in [4.69, 9.17) is 23.2 Å². The van der Waals surface area contributed by atoms with E-state index >= 15 is 0 Å². The van der Waals surface area contributed by atoms with Gasteiger partial charge in [-0.05, 0) is 12.1 Å². The lowest BCUT2D eigenvalue weighted by atomic mass is 10.1. The van der Waals surface area contributed by atoms with Crippen molar-refractivity contribution in [1.82, 2.24) is 10.0 Å². The number of halogens is 2. The minimum Gasteiger partial charge on any atom is -0.229 e. The average Bonchev–Trinajstić information content (AvgIpc) is 3.08. The fourth-order valence-corrected chi connectivity index (χ4v) is 3.96. The topological polar surface area (TPSA) is 31.2 Å². The Bertz CT molecular complexity index is 799. The van der Waals surface area contributed by atoms with Crippen LogP contribution in [0.2, 0.25) is 10.0 Å². The molecule has 2 aliphatic rings. The molecular weight excluding hydrogens is 383 g/mol. The van der Waals surface area contributed by atoms with Crippen molar-refractivity contribution in [3.8, 4) is 0 Å². The Morgan fingerprint density at radius 2 is 1.08 bits per heavy atom. The third-order valence-corrected chi connectivity index (χ3v) is 5.28. The van der Waals surface area contributed by atoms with Gasteiger partial charge in [0.25, 0.3) is 0 Å². The molecule has 4 rings (SSSR count). The van der Waals surface area contributed by atoms with Crippen LogP contribution >= 0.6 is 48.5 Å². The number of benzene rings is 2. The van der Waals surface area contributed by atoms with E-state index in [0.29, 0.717) is 20.4 Å². The summed E-state index contributed by atoms with van der Waals surface area (Å²) >= 11 is 21.8. The summed E-state index contributed by atoms with van der Waals surface area (Å²) in [6.07, 6.45) is -0.704. The van der Waals surface area contributed by atoms with Crippen molar-refractivity contribution in [2.24, 2.45) is 9.98 Å². The van der Waals surface area contributed by atoms with Crippen LogP contribution in [0.3, 0.4) is 0 Å². The van der Waals surface area contributed by atoms with Gasteiger partial charge in [0.15, 0.2) is 22.7 Å². The maximum atomic E-state index is 6.34. The first kappa shape index (κ1) is 16.1. The van der Waals surface area contributed by atoms with Crippen molar-refractivity contribution in [2.45, 2.75) is 12.3 Å². The highest BCUT2D eigenvalue weighted by Gasteiger charge is 2.45. The van der Waals surface area contributed by atoms with E-state index in [1.165, 1.54) is 0 Å². The maximum Gasteiger partial charge on any atom is 0.180 e. The number of hydrogen-bond donors (Lipinski definition) is 2. The van der Waals surface area contributed by atoms with Crippen LogP contribution in [-0.2, 0) is 0 Å². The van der Waals surface area contributed by atoms with Crippen molar-refractivity contribution < 1.29 is 0 Å². The van der Waals surface area contributed by atoms with Gasteiger partial charge in [-0.2, -0.15) is 0 Å². The van der Waals surface area contributed by atoms with Crippen LogP contribution in [0.1, 0.15) is 23.5 Å². The molecule has 8 heteroatoms. The Morgan fingerprint density at radius 1 is 0.708 bits per heavy atom. The predicted molar refractivity (Wildman–Crippen MR) is 105 cm³/mol. The van der Waals surface area contributed by atoms with Gasteiger partial charge >= 0.3 is 0 Å². The number of amidine groups is 2. The molecule has 0 bridgehead atoms. The predicted octanol–water partition coefficient (Wildman–Crippen LogP) is 4.81. The number of hydrogen-bond acceptors (Lipinski definition) is 4. The van der Waals surface area contributed by atoms with Gasteiger partial charge in [-0.15, -0.1) is 25.3 Å². The van der Waals surface area contributed by atoms with Crippen molar-refractivity contribution in [3.63, 3.8) is 0 Å². The lowest BCUT2D eigenvalue weighted by Crippen LogP contribution is -2.39. The monoisotopic (exact) mass is 394 g/mol. The standard InChI is InChI=1S/C16H12Cl2N4S2/c17-11-7-3-1-5-9(11)13-19-15(23)22-14(20-16(24)21(13)22)10-6-2-4-8-12(10)18/h1-8,13-14H,(H,19,23)(H,20,24). The molecule has 2 aromatic rings. The minimum absolute atomic E-state index is 0.352. The van der Waals surface area contributed by atoms with E-state index < -0.39 is 0 Å². The Hall–Kier alpha value is -1.34. The molecule has 0 saturated carbocycles. The summed E-state index contributed by atoms with van der Waals surface area (Å²) in [5, 5.41) is 6.10. The molecule has 0 fully saturated rings. The number of hydrazine groups is 1. The SMILES string of the molecule is SC1=NC(c2ccccc2Cl)N2C(S)=NC(c3ccccc3Cl)N12. The molecule has 0 aliphatic carbocycles. The normalized spacial score (nSPS) is 22.5. The molecule has 0 saturated heterocycles. The lowest BCUT2D eigenvalue weighted by Gasteiger charge is -2.30. The van der Waals surface area contributed by atoms with Gasteiger partial charge in [0.1, 0.15) is 0 Å². The minimum atomic E-state index is -0.352. The highest BCUT2D eigenvalue weighted by molar-refractivity contribution is 7.97. The molecule has 0 N–H and O–H groups in total. The second kappa shape index (κ2) is 6.19. The quantitative estimate of drug-likeness (QED) is 0.716. The molecule has 0 amide bonds. The van der Waals surface area contributed by atoms with Gasteiger partial charge in [-0.3, -0.25) is 0 Å². The van der Waals surface area contributed by atoms with Gasteiger partial charge in [-0.1, -0.05) is 59.6 Å². The molecule has 122 valence electrons. The first-order chi connectivity index (χ1) is 11.6. The number of aliphatic imine (C=N–C) groups is 2. The highest BCUT2D eigenvalue weighted by Crippen LogP contribution is 2.45. The summed E-state index contributed by atoms with van der Waals surface area (Å²) in [5.74, 6) is 0. The van der Waals surface area contributed by atoms with Crippen molar-refractivity contribution in [1.29, 1.82) is 0 Å². The Labute approximate surface area is 160 Å². The van der Waals surface area contributed by atoms with E-state index in [9.17, 15) is 0 Å². The van der Waals surface area contributed by atoms with Crippen LogP contribution in [0.5, 0.6) is 0 Å². The van der Waals surface area contributed by atoms with Crippen molar-refractivity contribution in [3.05, 3.63) is 69.7 Å². The second-order valence-corrected chi connectivity index (χ2v) is 6.95. The van der Waals surface area contributed by atoms with Gasteiger partial charge < -0.3 is 0 Å². The smallest absolute Gasteiger partial charge is 0.180 e. The molecule has 2 aromatic carbocycles. The van der Waals surface area contributed by atoms with Crippen molar-refractivity contribution in [2.75, 3.05) is 0 Å². The number of rotatable bonds is 2. The fraction of sp³-hybridized carbons (Fsp3) is 0.125. The van der Waals surface area contributed by atoms with E-state index in [0.717, 1.165) is 11.1 Å². The Kier molecular flexibility index (Phi) is 4.16. The summed E-state index contributed by atoms with van der Waals surface area (Å²) in [6.45, 7) is 0. The van der Waals surface area contributed by atoms with Crippen LogP contribution in [0.25, 0.3) is 0 Å². The van der Waals surface area contributed by atoms with Crippen LogP contribution in [0.4, 0.5) is 0 Å². The third kappa shape index (κ3) is 2.49. The molecule has 0 aromatic heterocycles. The van der Waals surface area contributed by atoms with Crippen LogP contribution in [0, 0.1) is 0 Å². The number of thiol groups is 2. The molecule has 2 unspecified atom stereocenters. The Morgan fingerprint density at radius 3 is 1.46 bits per heavy atom. The molecule has 0 spiro atoms. The van der Waals surface area contributed by atoms with E-state index in [-0.39, 0.29) is 12.3 Å². The van der Waals surface area contributed by atoms with Gasteiger partial charge in [0.05, 0.1) is 0 Å². The summed E-state index contributed by atoms with van der Waals surface area (Å²) in [6, 6.07) is 15.2. The fourth-order valence-electron chi connectivity index (χ4n) is 2.87. The zero-order valence-electron chi connectivity index (χ0n) is 12.2. The number of fused-ring (bicyclic) bond motifs is 1. The van der Waals surface area contributed by atoms with Crippen LogP contribution in [-0.4, -0.2) is 20.4 Å². The Balaban J connectivity index is 1.77.